The first kappa shape index (κ1) is 14.6. The molecule has 0 fully saturated rings. The highest BCUT2D eigenvalue weighted by atomic mass is 19.1. The van der Waals surface area contributed by atoms with Crippen LogP contribution in [0.4, 0.5) is 4.39 Å². The number of nitrogens with one attached hydrogen (secondary N) is 1. The van der Waals surface area contributed by atoms with Gasteiger partial charge in [0, 0.05) is 13.0 Å². The molecule has 0 aliphatic carbocycles. The van der Waals surface area contributed by atoms with Crippen LogP contribution in [0.3, 0.4) is 0 Å². The van der Waals surface area contributed by atoms with E-state index in [4.69, 9.17) is 0 Å². The van der Waals surface area contributed by atoms with Crippen molar-refractivity contribution in [3.05, 3.63) is 42.0 Å². The fourth-order valence-corrected chi connectivity index (χ4v) is 2.09. The highest BCUT2D eigenvalue weighted by Crippen LogP contribution is 2.15. The van der Waals surface area contributed by atoms with E-state index >= 15 is 0 Å². The summed E-state index contributed by atoms with van der Waals surface area (Å²) in [6.07, 6.45) is 4.53. The smallest absolute Gasteiger partial charge is 0.141 e. The Bertz CT molecular complexity index is 523. The Kier molecular flexibility index (Phi) is 5.17. The summed E-state index contributed by atoms with van der Waals surface area (Å²) in [4.78, 5) is 8.46. The van der Waals surface area contributed by atoms with Gasteiger partial charge in [-0.25, -0.2) is 9.37 Å². The Morgan fingerprint density at radius 2 is 2.15 bits per heavy atom. The van der Waals surface area contributed by atoms with E-state index in [0.717, 1.165) is 31.0 Å². The maximum Gasteiger partial charge on any atom is 0.141 e. The lowest BCUT2D eigenvalue weighted by atomic mass is 10.1. The highest BCUT2D eigenvalue weighted by molar-refractivity contribution is 5.12. The predicted molar refractivity (Wildman–Crippen MR) is 74.6 cm³/mol. The fraction of sp³-hybridized carbons (Fsp3) is 0.500. The van der Waals surface area contributed by atoms with Crippen LogP contribution in [0.5, 0.6) is 0 Å². The van der Waals surface area contributed by atoms with Gasteiger partial charge < -0.3 is 5.32 Å². The summed E-state index contributed by atoms with van der Waals surface area (Å²) >= 11 is 0. The van der Waals surface area contributed by atoms with Crippen molar-refractivity contribution in [2.24, 2.45) is 0 Å². The number of nitrogens with zero attached hydrogens (tertiary/aromatic N) is 4. The fourth-order valence-electron chi connectivity index (χ4n) is 2.09. The van der Waals surface area contributed by atoms with Crippen molar-refractivity contribution >= 4 is 0 Å². The molecule has 2 rings (SSSR count). The minimum absolute atomic E-state index is 0.0186. The monoisotopic (exact) mass is 277 g/mol. The summed E-state index contributed by atoms with van der Waals surface area (Å²) in [5, 5.41) is 7.60. The van der Waals surface area contributed by atoms with Crippen LogP contribution in [0.25, 0.3) is 0 Å². The van der Waals surface area contributed by atoms with E-state index in [1.54, 1.807) is 12.4 Å². The molecule has 2 heterocycles. The zero-order valence-corrected chi connectivity index (χ0v) is 11.9. The number of aromatic nitrogens is 4. The third kappa shape index (κ3) is 3.60. The second-order valence-corrected chi connectivity index (χ2v) is 4.60. The zero-order valence-electron chi connectivity index (χ0n) is 11.9. The first-order chi connectivity index (χ1) is 9.74. The normalized spacial score (nSPS) is 12.6. The molecule has 108 valence electrons. The largest absolute Gasteiger partial charge is 0.308 e. The SMILES string of the molecule is CCCNC(Cc1ncnn1CC)c1ccc(F)cn1. The van der Waals surface area contributed by atoms with Crippen LogP contribution in [0.1, 0.15) is 37.8 Å². The van der Waals surface area contributed by atoms with Gasteiger partial charge in [-0.15, -0.1) is 0 Å². The molecular formula is C14H20FN5. The molecule has 2 aromatic heterocycles. The molecule has 6 heteroatoms. The minimum Gasteiger partial charge on any atom is -0.308 e. The van der Waals surface area contributed by atoms with Crippen LogP contribution in [0, 0.1) is 5.82 Å². The zero-order chi connectivity index (χ0) is 14.4. The lowest BCUT2D eigenvalue weighted by molar-refractivity contribution is 0.486. The number of aryl methyl sites for hydroxylation is 1. The highest BCUT2D eigenvalue weighted by Gasteiger charge is 2.16. The quantitative estimate of drug-likeness (QED) is 0.842. The molecule has 5 nitrogen and oxygen atoms in total. The molecule has 0 aromatic carbocycles. The average Bonchev–Trinajstić information content (AvgIpc) is 2.91. The minimum atomic E-state index is -0.320. The van der Waals surface area contributed by atoms with Gasteiger partial charge in [0.2, 0.25) is 0 Å². The van der Waals surface area contributed by atoms with Crippen LogP contribution in [0.15, 0.2) is 24.7 Å². The maximum absolute atomic E-state index is 13.0. The Hall–Kier alpha value is -1.82. The van der Waals surface area contributed by atoms with E-state index in [1.165, 1.54) is 12.3 Å². The van der Waals surface area contributed by atoms with Crippen molar-refractivity contribution in [3.63, 3.8) is 0 Å². The molecule has 0 spiro atoms. The van der Waals surface area contributed by atoms with E-state index in [2.05, 4.69) is 27.3 Å². The second-order valence-electron chi connectivity index (χ2n) is 4.60. The molecule has 0 aliphatic rings. The van der Waals surface area contributed by atoms with E-state index in [0.29, 0.717) is 6.42 Å². The standard InChI is InChI=1S/C14H20FN5/c1-3-7-16-13(12-6-5-11(15)9-17-12)8-14-18-10-19-20(14)4-2/h5-6,9-10,13,16H,3-4,7-8H2,1-2H3. The van der Waals surface area contributed by atoms with Gasteiger partial charge in [0.1, 0.15) is 18.0 Å². The van der Waals surface area contributed by atoms with Crippen molar-refractivity contribution in [2.75, 3.05) is 6.54 Å². The van der Waals surface area contributed by atoms with Gasteiger partial charge in [-0.1, -0.05) is 6.92 Å². The first-order valence-electron chi connectivity index (χ1n) is 6.96. The second kappa shape index (κ2) is 7.09. The number of hydrogen-bond donors (Lipinski definition) is 1. The molecule has 0 radical (unpaired) electrons. The van der Waals surface area contributed by atoms with Crippen molar-refractivity contribution in [2.45, 2.75) is 39.3 Å². The van der Waals surface area contributed by atoms with Gasteiger partial charge >= 0.3 is 0 Å². The van der Waals surface area contributed by atoms with Crippen LogP contribution < -0.4 is 5.32 Å². The lowest BCUT2D eigenvalue weighted by Gasteiger charge is -2.17. The van der Waals surface area contributed by atoms with E-state index < -0.39 is 0 Å². The number of rotatable bonds is 7. The molecule has 0 bridgehead atoms. The summed E-state index contributed by atoms with van der Waals surface area (Å²) in [5.74, 6) is 0.590. The van der Waals surface area contributed by atoms with Crippen molar-refractivity contribution in [3.8, 4) is 0 Å². The molecule has 0 amide bonds. The molecule has 1 N–H and O–H groups in total. The third-order valence-corrected chi connectivity index (χ3v) is 3.13. The summed E-state index contributed by atoms with van der Waals surface area (Å²) in [5.41, 5.74) is 0.825. The number of hydrogen-bond acceptors (Lipinski definition) is 4. The summed E-state index contributed by atoms with van der Waals surface area (Å²) < 4.78 is 14.9. The Balaban J connectivity index is 2.17. The predicted octanol–water partition coefficient (Wildman–Crippen LogP) is 2.12. The molecular weight excluding hydrogens is 257 g/mol. The molecule has 0 saturated heterocycles. The summed E-state index contributed by atoms with van der Waals surface area (Å²) in [6, 6.07) is 3.17. The molecule has 2 aromatic rings. The van der Waals surface area contributed by atoms with Crippen LogP contribution in [-0.2, 0) is 13.0 Å². The summed E-state index contributed by atoms with van der Waals surface area (Å²) in [6.45, 7) is 5.80. The lowest BCUT2D eigenvalue weighted by Crippen LogP contribution is -2.26. The van der Waals surface area contributed by atoms with E-state index in [1.807, 2.05) is 11.6 Å². The van der Waals surface area contributed by atoms with Crippen molar-refractivity contribution in [1.82, 2.24) is 25.1 Å². The van der Waals surface area contributed by atoms with Crippen LogP contribution >= 0.6 is 0 Å². The molecule has 20 heavy (non-hydrogen) atoms. The third-order valence-electron chi connectivity index (χ3n) is 3.13. The van der Waals surface area contributed by atoms with Crippen molar-refractivity contribution in [1.29, 1.82) is 0 Å². The van der Waals surface area contributed by atoms with Gasteiger partial charge in [-0.05, 0) is 32.0 Å². The Labute approximate surface area is 118 Å². The molecule has 1 atom stereocenters. The Morgan fingerprint density at radius 1 is 1.30 bits per heavy atom. The Morgan fingerprint density at radius 3 is 2.80 bits per heavy atom. The molecule has 0 aliphatic heterocycles. The van der Waals surface area contributed by atoms with E-state index in [9.17, 15) is 4.39 Å². The first-order valence-corrected chi connectivity index (χ1v) is 6.96. The maximum atomic E-state index is 13.0. The number of halogens is 1. The topological polar surface area (TPSA) is 55.6 Å². The van der Waals surface area contributed by atoms with Crippen LogP contribution in [-0.4, -0.2) is 26.3 Å². The summed E-state index contributed by atoms with van der Waals surface area (Å²) in [7, 11) is 0. The van der Waals surface area contributed by atoms with Crippen LogP contribution in [0.2, 0.25) is 0 Å². The van der Waals surface area contributed by atoms with Gasteiger partial charge in [0.15, 0.2) is 0 Å². The average molecular weight is 277 g/mol. The van der Waals surface area contributed by atoms with Crippen molar-refractivity contribution < 1.29 is 4.39 Å². The number of pyridine rings is 1. The van der Waals surface area contributed by atoms with Gasteiger partial charge in [0.25, 0.3) is 0 Å². The molecule has 1 unspecified atom stereocenters. The van der Waals surface area contributed by atoms with Gasteiger partial charge in [-0.3, -0.25) is 9.67 Å². The van der Waals surface area contributed by atoms with Gasteiger partial charge in [0.05, 0.1) is 17.9 Å². The van der Waals surface area contributed by atoms with Gasteiger partial charge in [-0.2, -0.15) is 5.10 Å². The van der Waals surface area contributed by atoms with E-state index in [-0.39, 0.29) is 11.9 Å². The molecule has 0 saturated carbocycles.